The summed E-state index contributed by atoms with van der Waals surface area (Å²) in [6.07, 6.45) is 2.35. The van der Waals surface area contributed by atoms with Gasteiger partial charge in [0.25, 0.3) is 5.91 Å². The molecule has 1 amide bonds. The number of carbonyl (C=O) groups is 1. The summed E-state index contributed by atoms with van der Waals surface area (Å²) in [5.74, 6) is 1.99. The van der Waals surface area contributed by atoms with Gasteiger partial charge in [0.05, 0.1) is 23.5 Å². The highest BCUT2D eigenvalue weighted by Crippen LogP contribution is 2.34. The van der Waals surface area contributed by atoms with Gasteiger partial charge in [0.15, 0.2) is 0 Å². The number of nitrogens with zero attached hydrogens (tertiary/aromatic N) is 3. The first-order chi connectivity index (χ1) is 16.2. The molecule has 0 N–H and O–H groups in total. The highest BCUT2D eigenvalue weighted by atomic mass is 16.5. The Labute approximate surface area is 194 Å². The molecule has 5 rings (SSSR count). The van der Waals surface area contributed by atoms with Crippen LogP contribution in [0, 0.1) is 12.8 Å². The smallest absolute Gasteiger partial charge is 0.254 e. The molecule has 1 aromatic heterocycles. The number of carbonyl (C=O) groups excluding carboxylic acids is 1. The number of rotatable bonds is 8. The van der Waals surface area contributed by atoms with Crippen molar-refractivity contribution in [1.29, 1.82) is 0 Å². The van der Waals surface area contributed by atoms with Gasteiger partial charge in [0, 0.05) is 12.1 Å². The Kier molecular flexibility index (Phi) is 5.94. The molecular formula is C28H27N3O2. The van der Waals surface area contributed by atoms with E-state index in [9.17, 15) is 4.79 Å². The number of hydrogen-bond donors (Lipinski definition) is 0. The van der Waals surface area contributed by atoms with Crippen molar-refractivity contribution in [2.24, 2.45) is 5.92 Å². The van der Waals surface area contributed by atoms with E-state index in [1.54, 1.807) is 0 Å². The molecule has 0 unspecified atom stereocenters. The number of para-hydroxylation sites is 2. The van der Waals surface area contributed by atoms with Crippen molar-refractivity contribution < 1.29 is 9.53 Å². The molecule has 0 aliphatic heterocycles. The van der Waals surface area contributed by atoms with Crippen LogP contribution in [0.25, 0.3) is 5.69 Å². The average molecular weight is 438 g/mol. The molecule has 1 heterocycles. The van der Waals surface area contributed by atoms with Gasteiger partial charge in [-0.3, -0.25) is 4.79 Å². The standard InChI is InChI=1S/C28H27N3O2/c1-21-26(20-30(19-22-17-18-22)27(32)23-11-5-2-6-12-23)28(33-25-15-9-4-10-16-25)31(29-21)24-13-7-3-8-14-24/h2-16,22H,17-20H2,1H3. The summed E-state index contributed by atoms with van der Waals surface area (Å²) in [6.45, 7) is 3.18. The Balaban J connectivity index is 1.54. The monoisotopic (exact) mass is 437 g/mol. The van der Waals surface area contributed by atoms with E-state index >= 15 is 0 Å². The van der Waals surface area contributed by atoms with Gasteiger partial charge in [-0.2, -0.15) is 5.10 Å². The highest BCUT2D eigenvalue weighted by Gasteiger charge is 2.30. The maximum Gasteiger partial charge on any atom is 0.254 e. The van der Waals surface area contributed by atoms with Gasteiger partial charge >= 0.3 is 0 Å². The SMILES string of the molecule is Cc1nn(-c2ccccc2)c(Oc2ccccc2)c1CN(CC1CC1)C(=O)c1ccccc1. The van der Waals surface area contributed by atoms with Crippen molar-refractivity contribution >= 4 is 5.91 Å². The molecular weight excluding hydrogens is 410 g/mol. The van der Waals surface area contributed by atoms with E-state index in [2.05, 4.69) is 0 Å². The fraction of sp³-hybridized carbons (Fsp3) is 0.214. The van der Waals surface area contributed by atoms with E-state index in [1.165, 1.54) is 12.8 Å². The summed E-state index contributed by atoms with van der Waals surface area (Å²) in [7, 11) is 0. The molecule has 3 aromatic carbocycles. The van der Waals surface area contributed by atoms with E-state index in [4.69, 9.17) is 9.84 Å². The number of aromatic nitrogens is 2. The maximum absolute atomic E-state index is 13.4. The number of hydrogen-bond acceptors (Lipinski definition) is 3. The van der Waals surface area contributed by atoms with Crippen LogP contribution in [0.3, 0.4) is 0 Å². The van der Waals surface area contributed by atoms with Crippen LogP contribution in [-0.2, 0) is 6.54 Å². The minimum Gasteiger partial charge on any atom is -0.439 e. The Morgan fingerprint density at radius 2 is 1.55 bits per heavy atom. The molecule has 0 spiro atoms. The molecule has 0 saturated heterocycles. The summed E-state index contributed by atoms with van der Waals surface area (Å²) in [5.41, 5.74) is 3.40. The second kappa shape index (κ2) is 9.33. The molecule has 5 heteroatoms. The lowest BCUT2D eigenvalue weighted by Gasteiger charge is -2.23. The summed E-state index contributed by atoms with van der Waals surface area (Å²) in [5, 5.41) is 4.81. The lowest BCUT2D eigenvalue weighted by atomic mass is 10.1. The minimum absolute atomic E-state index is 0.0417. The first-order valence-electron chi connectivity index (χ1n) is 11.4. The number of benzene rings is 3. The van der Waals surface area contributed by atoms with Gasteiger partial charge in [-0.25, -0.2) is 4.68 Å². The van der Waals surface area contributed by atoms with Crippen molar-refractivity contribution in [2.75, 3.05) is 6.54 Å². The van der Waals surface area contributed by atoms with Gasteiger partial charge in [-0.1, -0.05) is 54.6 Å². The van der Waals surface area contributed by atoms with Crippen LogP contribution in [0.5, 0.6) is 11.6 Å². The molecule has 4 aromatic rings. The van der Waals surface area contributed by atoms with Crippen LogP contribution < -0.4 is 4.74 Å². The minimum atomic E-state index is 0.0417. The highest BCUT2D eigenvalue weighted by molar-refractivity contribution is 5.94. The van der Waals surface area contributed by atoms with Crippen molar-refractivity contribution in [3.05, 3.63) is 108 Å². The van der Waals surface area contributed by atoms with Gasteiger partial charge in [0.1, 0.15) is 5.75 Å². The van der Waals surface area contributed by atoms with Crippen LogP contribution >= 0.6 is 0 Å². The van der Waals surface area contributed by atoms with Crippen LogP contribution in [0.1, 0.15) is 34.5 Å². The first-order valence-corrected chi connectivity index (χ1v) is 11.4. The quantitative estimate of drug-likeness (QED) is 0.338. The molecule has 0 atom stereocenters. The Hall–Kier alpha value is -3.86. The lowest BCUT2D eigenvalue weighted by molar-refractivity contribution is 0.0733. The largest absolute Gasteiger partial charge is 0.439 e. The van der Waals surface area contributed by atoms with Crippen LogP contribution in [-0.4, -0.2) is 27.1 Å². The zero-order valence-electron chi connectivity index (χ0n) is 18.7. The molecule has 1 aliphatic rings. The second-order valence-electron chi connectivity index (χ2n) is 8.53. The zero-order chi connectivity index (χ0) is 22.6. The van der Waals surface area contributed by atoms with Crippen LogP contribution in [0.15, 0.2) is 91.0 Å². The van der Waals surface area contributed by atoms with Gasteiger partial charge in [-0.15, -0.1) is 0 Å². The normalized spacial score (nSPS) is 13.0. The Morgan fingerprint density at radius 3 is 2.18 bits per heavy atom. The number of amides is 1. The fourth-order valence-corrected chi connectivity index (χ4v) is 3.96. The molecule has 0 radical (unpaired) electrons. The summed E-state index contributed by atoms with van der Waals surface area (Å²) in [4.78, 5) is 15.4. The van der Waals surface area contributed by atoms with Crippen LogP contribution in [0.2, 0.25) is 0 Å². The Bertz CT molecular complexity index is 1220. The van der Waals surface area contributed by atoms with Gasteiger partial charge in [-0.05, 0) is 62.1 Å². The van der Waals surface area contributed by atoms with E-state index in [0.29, 0.717) is 23.9 Å². The predicted octanol–water partition coefficient (Wildman–Crippen LogP) is 6.03. The average Bonchev–Trinajstić information content (AvgIpc) is 3.64. The Morgan fingerprint density at radius 1 is 0.939 bits per heavy atom. The van der Waals surface area contributed by atoms with E-state index < -0.39 is 0 Å². The van der Waals surface area contributed by atoms with Crippen molar-refractivity contribution in [3.63, 3.8) is 0 Å². The molecule has 5 nitrogen and oxygen atoms in total. The third kappa shape index (κ3) is 4.82. The fourth-order valence-electron chi connectivity index (χ4n) is 3.96. The number of aryl methyl sites for hydroxylation is 1. The summed E-state index contributed by atoms with van der Waals surface area (Å²) in [6, 6.07) is 29.2. The summed E-state index contributed by atoms with van der Waals surface area (Å²) >= 11 is 0. The molecule has 1 saturated carbocycles. The first kappa shape index (κ1) is 21.0. The van der Waals surface area contributed by atoms with E-state index in [0.717, 1.165) is 29.2 Å². The molecule has 1 fully saturated rings. The van der Waals surface area contributed by atoms with Gasteiger partial charge < -0.3 is 9.64 Å². The zero-order valence-corrected chi connectivity index (χ0v) is 18.7. The van der Waals surface area contributed by atoms with Crippen LogP contribution in [0.4, 0.5) is 0 Å². The molecule has 0 bridgehead atoms. The van der Waals surface area contributed by atoms with E-state index in [-0.39, 0.29) is 5.91 Å². The molecule has 33 heavy (non-hydrogen) atoms. The van der Waals surface area contributed by atoms with Gasteiger partial charge in [0.2, 0.25) is 5.88 Å². The summed E-state index contributed by atoms with van der Waals surface area (Å²) < 4.78 is 8.22. The topological polar surface area (TPSA) is 47.4 Å². The van der Waals surface area contributed by atoms with Crippen molar-refractivity contribution in [2.45, 2.75) is 26.3 Å². The maximum atomic E-state index is 13.4. The lowest BCUT2D eigenvalue weighted by Crippen LogP contribution is -2.32. The third-order valence-corrected chi connectivity index (χ3v) is 5.93. The van der Waals surface area contributed by atoms with E-state index in [1.807, 2.05) is 108 Å². The van der Waals surface area contributed by atoms with Crippen molar-refractivity contribution in [1.82, 2.24) is 14.7 Å². The second-order valence-corrected chi connectivity index (χ2v) is 8.53. The van der Waals surface area contributed by atoms with Crippen molar-refractivity contribution in [3.8, 4) is 17.3 Å². The predicted molar refractivity (Wildman–Crippen MR) is 129 cm³/mol. The molecule has 166 valence electrons. The number of ether oxygens (including phenoxy) is 1. The molecule has 1 aliphatic carbocycles. The third-order valence-electron chi connectivity index (χ3n) is 5.93.